The lowest BCUT2D eigenvalue weighted by molar-refractivity contribution is 0.0602. The molecule has 0 atom stereocenters. The van der Waals surface area contributed by atoms with Crippen LogP contribution in [0.2, 0.25) is 0 Å². The van der Waals surface area contributed by atoms with Gasteiger partial charge in [-0.2, -0.15) is 0 Å². The van der Waals surface area contributed by atoms with E-state index < -0.39 is 5.97 Å². The Morgan fingerprint density at radius 3 is 2.64 bits per heavy atom. The van der Waals surface area contributed by atoms with Crippen LogP contribution in [0.4, 0.5) is 21.6 Å². The van der Waals surface area contributed by atoms with E-state index in [0.717, 1.165) is 21.1 Å². The summed E-state index contributed by atoms with van der Waals surface area (Å²) in [6.45, 7) is 0. The van der Waals surface area contributed by atoms with Gasteiger partial charge in [-0.05, 0) is 35.7 Å². The topological polar surface area (TPSA) is 119 Å². The van der Waals surface area contributed by atoms with Gasteiger partial charge in [0.25, 0.3) is 5.91 Å². The number of carbonyl (C=O) groups excluding carboxylic acids is 2. The van der Waals surface area contributed by atoms with Crippen molar-refractivity contribution in [1.29, 1.82) is 0 Å². The Morgan fingerprint density at radius 1 is 1.00 bits per heavy atom. The number of thiazole rings is 2. The number of carbonyl (C=O) groups is 2. The van der Waals surface area contributed by atoms with E-state index in [-0.39, 0.29) is 5.91 Å². The SMILES string of the molecule is COC(=O)c1ccsc1Nc1nc(N)c(-c2nc(-c3cccc(NC(=O)c4ccccc4)c3)cs2)s1. The molecule has 1 amide bonds. The fourth-order valence-electron chi connectivity index (χ4n) is 3.37. The van der Waals surface area contributed by atoms with Crippen molar-refractivity contribution in [3.8, 4) is 21.1 Å². The Labute approximate surface area is 218 Å². The van der Waals surface area contributed by atoms with Crippen molar-refractivity contribution in [2.24, 2.45) is 0 Å². The minimum atomic E-state index is -0.421. The predicted molar refractivity (Wildman–Crippen MR) is 146 cm³/mol. The number of anilines is 4. The van der Waals surface area contributed by atoms with Crippen LogP contribution in [0, 0.1) is 0 Å². The maximum absolute atomic E-state index is 12.5. The van der Waals surface area contributed by atoms with Crippen LogP contribution in [0.25, 0.3) is 21.1 Å². The number of ether oxygens (including phenoxy) is 1. The molecule has 180 valence electrons. The summed E-state index contributed by atoms with van der Waals surface area (Å²) in [6, 6.07) is 18.3. The van der Waals surface area contributed by atoms with E-state index in [1.165, 1.54) is 41.1 Å². The van der Waals surface area contributed by atoms with E-state index in [1.807, 2.05) is 47.8 Å². The van der Waals surface area contributed by atoms with Crippen molar-refractivity contribution >= 4 is 67.5 Å². The third-order valence-corrected chi connectivity index (χ3v) is 7.91. The first-order valence-electron chi connectivity index (χ1n) is 10.6. The van der Waals surface area contributed by atoms with E-state index >= 15 is 0 Å². The second-order valence-electron chi connectivity index (χ2n) is 7.45. The molecule has 36 heavy (non-hydrogen) atoms. The molecule has 0 unspecified atom stereocenters. The smallest absolute Gasteiger partial charge is 0.340 e. The van der Waals surface area contributed by atoms with E-state index in [2.05, 4.69) is 15.6 Å². The number of methoxy groups -OCH3 is 1. The van der Waals surface area contributed by atoms with Gasteiger partial charge in [0, 0.05) is 22.2 Å². The number of nitrogens with zero attached hydrogens (tertiary/aromatic N) is 2. The summed E-state index contributed by atoms with van der Waals surface area (Å²) in [7, 11) is 1.34. The first-order valence-corrected chi connectivity index (χ1v) is 13.2. The van der Waals surface area contributed by atoms with Crippen LogP contribution in [0.1, 0.15) is 20.7 Å². The van der Waals surface area contributed by atoms with Crippen molar-refractivity contribution in [3.63, 3.8) is 0 Å². The molecule has 3 heterocycles. The van der Waals surface area contributed by atoms with Crippen LogP contribution in [0.3, 0.4) is 0 Å². The number of aromatic nitrogens is 2. The average Bonchev–Trinajstić information content (AvgIpc) is 3.64. The number of nitrogens with one attached hydrogen (secondary N) is 2. The maximum Gasteiger partial charge on any atom is 0.340 e. The largest absolute Gasteiger partial charge is 0.465 e. The molecular formula is C25H19N5O3S3. The first kappa shape index (κ1) is 23.7. The number of hydrogen-bond acceptors (Lipinski definition) is 10. The van der Waals surface area contributed by atoms with Crippen LogP contribution in [-0.2, 0) is 4.74 Å². The molecule has 0 fully saturated rings. The quantitative estimate of drug-likeness (QED) is 0.208. The highest BCUT2D eigenvalue weighted by Gasteiger charge is 2.18. The second kappa shape index (κ2) is 10.3. The highest BCUT2D eigenvalue weighted by Crippen LogP contribution is 2.40. The standard InChI is InChI=1S/C25H19N5O3S3/c1-33-24(32)17-10-11-34-22(17)30-25-29-20(26)19(36-25)23-28-18(13-35-23)15-8-5-9-16(12-15)27-21(31)14-6-3-2-4-7-14/h2-13H,26H2,1H3,(H,27,31)(H,29,30). The van der Waals surface area contributed by atoms with Crippen LogP contribution in [0.5, 0.6) is 0 Å². The number of benzene rings is 2. The molecule has 0 spiro atoms. The fraction of sp³-hybridized carbons (Fsp3) is 0.0400. The van der Waals surface area contributed by atoms with Crippen LogP contribution >= 0.6 is 34.0 Å². The minimum absolute atomic E-state index is 0.176. The Hall–Kier alpha value is -4.06. The van der Waals surface area contributed by atoms with Crippen molar-refractivity contribution < 1.29 is 14.3 Å². The molecule has 5 aromatic rings. The van der Waals surface area contributed by atoms with Crippen molar-refractivity contribution in [2.45, 2.75) is 0 Å². The number of amides is 1. The summed E-state index contributed by atoms with van der Waals surface area (Å²) < 4.78 is 4.82. The number of esters is 1. The lowest BCUT2D eigenvalue weighted by atomic mass is 10.1. The molecule has 11 heteroatoms. The van der Waals surface area contributed by atoms with Gasteiger partial charge in [0.1, 0.15) is 20.7 Å². The summed E-state index contributed by atoms with van der Waals surface area (Å²) in [5.41, 5.74) is 9.53. The molecule has 0 aliphatic heterocycles. The summed E-state index contributed by atoms with van der Waals surface area (Å²) >= 11 is 4.18. The third-order valence-electron chi connectivity index (χ3n) is 5.09. The monoisotopic (exact) mass is 533 g/mol. The number of rotatable bonds is 7. The van der Waals surface area contributed by atoms with Gasteiger partial charge in [0.05, 0.1) is 18.4 Å². The van der Waals surface area contributed by atoms with E-state index in [1.54, 1.807) is 23.6 Å². The van der Waals surface area contributed by atoms with Gasteiger partial charge in [0.2, 0.25) is 0 Å². The number of thiophene rings is 1. The summed E-state index contributed by atoms with van der Waals surface area (Å²) in [4.78, 5) is 34.3. The Kier molecular flexibility index (Phi) is 6.76. The van der Waals surface area contributed by atoms with Crippen molar-refractivity contribution in [1.82, 2.24) is 9.97 Å². The summed E-state index contributed by atoms with van der Waals surface area (Å²) in [6.07, 6.45) is 0. The van der Waals surface area contributed by atoms with Crippen molar-refractivity contribution in [2.75, 3.05) is 23.5 Å². The average molecular weight is 534 g/mol. The molecule has 0 radical (unpaired) electrons. The molecule has 5 rings (SSSR count). The van der Waals surface area contributed by atoms with Gasteiger partial charge >= 0.3 is 5.97 Å². The predicted octanol–water partition coefficient (Wildman–Crippen LogP) is 6.36. The van der Waals surface area contributed by atoms with Gasteiger partial charge in [-0.25, -0.2) is 14.8 Å². The lowest BCUT2D eigenvalue weighted by Gasteiger charge is -2.06. The zero-order valence-corrected chi connectivity index (χ0v) is 21.3. The van der Waals surface area contributed by atoms with Gasteiger partial charge in [0.15, 0.2) is 5.13 Å². The van der Waals surface area contributed by atoms with Crippen LogP contribution in [-0.4, -0.2) is 29.0 Å². The highest BCUT2D eigenvalue weighted by atomic mass is 32.1. The summed E-state index contributed by atoms with van der Waals surface area (Å²) in [5.74, 6) is -0.246. The third kappa shape index (κ3) is 4.98. The summed E-state index contributed by atoms with van der Waals surface area (Å²) in [5, 5.41) is 11.7. The zero-order chi connectivity index (χ0) is 25.1. The molecular weight excluding hydrogens is 515 g/mol. The molecule has 0 aliphatic rings. The molecule has 3 aromatic heterocycles. The minimum Gasteiger partial charge on any atom is -0.465 e. The number of nitrogens with two attached hydrogens (primary N) is 1. The molecule has 0 saturated heterocycles. The van der Waals surface area contributed by atoms with Crippen LogP contribution < -0.4 is 16.4 Å². The Balaban J connectivity index is 1.34. The van der Waals surface area contributed by atoms with E-state index in [4.69, 9.17) is 15.5 Å². The van der Waals surface area contributed by atoms with Crippen molar-refractivity contribution in [3.05, 3.63) is 82.6 Å². The highest BCUT2D eigenvalue weighted by molar-refractivity contribution is 7.24. The van der Waals surface area contributed by atoms with Gasteiger partial charge < -0.3 is 21.1 Å². The first-order chi connectivity index (χ1) is 17.5. The fourth-order valence-corrected chi connectivity index (χ4v) is 6.03. The Morgan fingerprint density at radius 2 is 1.83 bits per heavy atom. The normalized spacial score (nSPS) is 10.7. The second-order valence-corrected chi connectivity index (χ2v) is 10.2. The molecule has 0 saturated carbocycles. The van der Waals surface area contributed by atoms with Gasteiger partial charge in [-0.3, -0.25) is 4.79 Å². The Bertz CT molecular complexity index is 1540. The molecule has 4 N–H and O–H groups in total. The lowest BCUT2D eigenvalue weighted by Crippen LogP contribution is -2.11. The van der Waals surface area contributed by atoms with E-state index in [0.29, 0.717) is 32.8 Å². The molecule has 0 aliphatic carbocycles. The molecule has 2 aromatic carbocycles. The number of nitrogen functional groups attached to an aromatic ring is 1. The van der Waals surface area contributed by atoms with Gasteiger partial charge in [-0.15, -0.1) is 22.7 Å². The maximum atomic E-state index is 12.5. The van der Waals surface area contributed by atoms with Crippen LogP contribution in [0.15, 0.2) is 71.4 Å². The zero-order valence-electron chi connectivity index (χ0n) is 18.8. The molecule has 8 nitrogen and oxygen atoms in total. The molecule has 0 bridgehead atoms. The van der Waals surface area contributed by atoms with E-state index in [9.17, 15) is 9.59 Å². The van der Waals surface area contributed by atoms with Gasteiger partial charge in [-0.1, -0.05) is 41.7 Å². The number of hydrogen-bond donors (Lipinski definition) is 3.